The molecule has 1 aromatic heterocycles. The Morgan fingerprint density at radius 1 is 1.50 bits per heavy atom. The molecule has 0 aromatic carbocycles. The first-order chi connectivity index (χ1) is 7.81. The number of aliphatic hydroxyl groups is 1. The summed E-state index contributed by atoms with van der Waals surface area (Å²) in [5.41, 5.74) is 0. The molecule has 2 heterocycles. The van der Waals surface area contributed by atoms with Gasteiger partial charge in [0, 0.05) is 13.2 Å². The smallest absolute Gasteiger partial charge is 0.225 e. The Hall–Kier alpha value is -0.910. The van der Waals surface area contributed by atoms with Crippen LogP contribution in [0.15, 0.2) is 12.4 Å². The Labute approximate surface area is 99.0 Å². The highest BCUT2D eigenvalue weighted by Crippen LogP contribution is 2.17. The van der Waals surface area contributed by atoms with Crippen LogP contribution in [0.25, 0.3) is 0 Å². The minimum atomic E-state index is 0.137. The van der Waals surface area contributed by atoms with Crippen LogP contribution in [-0.2, 0) is 4.74 Å². The molecular formula is C10H14ClN3O2. The summed E-state index contributed by atoms with van der Waals surface area (Å²) in [6, 6.07) is 0.139. The Bertz CT molecular complexity index is 331. The van der Waals surface area contributed by atoms with E-state index in [2.05, 4.69) is 14.9 Å². The van der Waals surface area contributed by atoms with E-state index in [1.807, 2.05) is 0 Å². The Morgan fingerprint density at radius 3 is 2.94 bits per heavy atom. The topological polar surface area (TPSA) is 58.5 Å². The number of hydrogen-bond donors (Lipinski definition) is 1. The zero-order valence-electron chi connectivity index (χ0n) is 8.84. The molecule has 5 nitrogen and oxygen atoms in total. The normalized spacial score (nSPS) is 21.1. The molecule has 0 spiro atoms. The molecule has 2 rings (SSSR count). The van der Waals surface area contributed by atoms with Crippen LogP contribution in [0.5, 0.6) is 0 Å². The third kappa shape index (κ3) is 2.61. The number of morpholine rings is 1. The minimum Gasteiger partial charge on any atom is -0.396 e. The molecule has 0 saturated carbocycles. The van der Waals surface area contributed by atoms with Crippen molar-refractivity contribution >= 4 is 17.5 Å². The average Bonchev–Trinajstić information content (AvgIpc) is 2.32. The molecule has 0 amide bonds. The van der Waals surface area contributed by atoms with Gasteiger partial charge in [-0.25, -0.2) is 9.97 Å². The highest BCUT2D eigenvalue weighted by molar-refractivity contribution is 6.30. The predicted octanol–water partition coefficient (Wildman–Crippen LogP) is 0.718. The van der Waals surface area contributed by atoms with Crippen LogP contribution in [0.4, 0.5) is 5.95 Å². The van der Waals surface area contributed by atoms with Gasteiger partial charge in [-0.05, 0) is 6.42 Å². The van der Waals surface area contributed by atoms with E-state index >= 15 is 0 Å². The van der Waals surface area contributed by atoms with Crippen molar-refractivity contribution in [3.63, 3.8) is 0 Å². The van der Waals surface area contributed by atoms with Gasteiger partial charge in [-0.3, -0.25) is 0 Å². The molecule has 0 unspecified atom stereocenters. The van der Waals surface area contributed by atoms with E-state index in [4.69, 9.17) is 21.4 Å². The number of anilines is 1. The predicted molar refractivity (Wildman–Crippen MR) is 60.7 cm³/mol. The largest absolute Gasteiger partial charge is 0.396 e. The number of aromatic nitrogens is 2. The maximum atomic E-state index is 8.98. The molecule has 1 aliphatic rings. The monoisotopic (exact) mass is 243 g/mol. The minimum absolute atomic E-state index is 0.137. The summed E-state index contributed by atoms with van der Waals surface area (Å²) in [5, 5.41) is 9.51. The van der Waals surface area contributed by atoms with Crippen LogP contribution < -0.4 is 4.90 Å². The molecule has 0 aliphatic carbocycles. The summed E-state index contributed by atoms with van der Waals surface area (Å²) in [4.78, 5) is 10.4. The lowest BCUT2D eigenvalue weighted by atomic mass is 10.2. The van der Waals surface area contributed by atoms with E-state index in [9.17, 15) is 0 Å². The van der Waals surface area contributed by atoms with Crippen molar-refractivity contribution < 1.29 is 9.84 Å². The van der Waals surface area contributed by atoms with Crippen molar-refractivity contribution in [3.8, 4) is 0 Å². The molecule has 1 aromatic rings. The number of rotatable bonds is 3. The summed E-state index contributed by atoms with van der Waals surface area (Å²) in [6.45, 7) is 2.14. The first kappa shape index (κ1) is 11.6. The van der Waals surface area contributed by atoms with E-state index in [-0.39, 0.29) is 12.6 Å². The van der Waals surface area contributed by atoms with Crippen molar-refractivity contribution in [3.05, 3.63) is 17.4 Å². The highest BCUT2D eigenvalue weighted by atomic mass is 35.5. The van der Waals surface area contributed by atoms with Crippen molar-refractivity contribution in [1.82, 2.24) is 9.97 Å². The maximum absolute atomic E-state index is 8.98. The summed E-state index contributed by atoms with van der Waals surface area (Å²) in [5.74, 6) is 0.645. The van der Waals surface area contributed by atoms with Gasteiger partial charge in [0.2, 0.25) is 5.95 Å². The van der Waals surface area contributed by atoms with Crippen molar-refractivity contribution in [1.29, 1.82) is 0 Å². The fourth-order valence-corrected chi connectivity index (χ4v) is 1.86. The van der Waals surface area contributed by atoms with Gasteiger partial charge in [0.25, 0.3) is 0 Å². The number of nitrogens with zero attached hydrogens (tertiary/aromatic N) is 3. The lowest BCUT2D eigenvalue weighted by Gasteiger charge is -2.35. The van der Waals surface area contributed by atoms with Crippen molar-refractivity contribution in [2.75, 3.05) is 31.3 Å². The third-order valence-electron chi connectivity index (χ3n) is 2.55. The van der Waals surface area contributed by atoms with Gasteiger partial charge in [0.1, 0.15) is 0 Å². The van der Waals surface area contributed by atoms with Crippen LogP contribution in [0, 0.1) is 0 Å². The summed E-state index contributed by atoms with van der Waals surface area (Å²) < 4.78 is 5.38. The third-order valence-corrected chi connectivity index (χ3v) is 2.75. The number of aliphatic hydroxyl groups excluding tert-OH is 1. The molecule has 88 valence electrons. The van der Waals surface area contributed by atoms with E-state index in [0.29, 0.717) is 30.6 Å². The highest BCUT2D eigenvalue weighted by Gasteiger charge is 2.24. The Balaban J connectivity index is 2.13. The molecule has 6 heteroatoms. The van der Waals surface area contributed by atoms with Gasteiger partial charge in [-0.15, -0.1) is 0 Å². The van der Waals surface area contributed by atoms with Crippen LogP contribution in [-0.4, -0.2) is 47.5 Å². The second-order valence-corrected chi connectivity index (χ2v) is 4.07. The van der Waals surface area contributed by atoms with Gasteiger partial charge >= 0.3 is 0 Å². The molecule has 0 radical (unpaired) electrons. The van der Waals surface area contributed by atoms with Gasteiger partial charge in [-0.1, -0.05) is 11.6 Å². The van der Waals surface area contributed by atoms with E-state index < -0.39 is 0 Å². The van der Waals surface area contributed by atoms with Crippen molar-refractivity contribution in [2.24, 2.45) is 0 Å². The average molecular weight is 244 g/mol. The fraction of sp³-hybridized carbons (Fsp3) is 0.600. The summed E-state index contributed by atoms with van der Waals surface area (Å²) >= 11 is 5.74. The standard InChI is InChI=1S/C10H14ClN3O2/c11-8-5-12-10(13-6-8)14-2-4-16-7-9(14)1-3-15/h5-6,9,15H,1-4,7H2/t9-/m0/s1. The fourth-order valence-electron chi connectivity index (χ4n) is 1.76. The Morgan fingerprint density at radius 2 is 2.25 bits per heavy atom. The zero-order valence-corrected chi connectivity index (χ0v) is 9.60. The molecule has 1 N–H and O–H groups in total. The summed E-state index contributed by atoms with van der Waals surface area (Å²) in [7, 11) is 0. The molecule has 1 atom stereocenters. The number of halogens is 1. The van der Waals surface area contributed by atoms with Crippen LogP contribution in [0.2, 0.25) is 5.02 Å². The second kappa shape index (κ2) is 5.43. The van der Waals surface area contributed by atoms with Gasteiger partial charge in [0.15, 0.2) is 0 Å². The number of ether oxygens (including phenoxy) is 1. The molecule has 1 saturated heterocycles. The quantitative estimate of drug-likeness (QED) is 0.848. The SMILES string of the molecule is OCC[C@H]1COCCN1c1ncc(Cl)cn1. The first-order valence-corrected chi connectivity index (χ1v) is 5.62. The molecule has 1 fully saturated rings. The van der Waals surface area contributed by atoms with E-state index in [0.717, 1.165) is 6.54 Å². The molecule has 1 aliphatic heterocycles. The van der Waals surface area contributed by atoms with Gasteiger partial charge < -0.3 is 14.7 Å². The lowest BCUT2D eigenvalue weighted by Crippen LogP contribution is -2.46. The van der Waals surface area contributed by atoms with Crippen LogP contribution in [0.1, 0.15) is 6.42 Å². The van der Waals surface area contributed by atoms with Crippen LogP contribution >= 0.6 is 11.6 Å². The number of hydrogen-bond acceptors (Lipinski definition) is 5. The lowest BCUT2D eigenvalue weighted by molar-refractivity contribution is 0.0841. The molecule has 0 bridgehead atoms. The van der Waals surface area contributed by atoms with Crippen molar-refractivity contribution in [2.45, 2.75) is 12.5 Å². The van der Waals surface area contributed by atoms with Gasteiger partial charge in [0.05, 0.1) is 36.7 Å². The Kier molecular flexibility index (Phi) is 3.93. The second-order valence-electron chi connectivity index (χ2n) is 3.64. The van der Waals surface area contributed by atoms with Gasteiger partial charge in [-0.2, -0.15) is 0 Å². The van der Waals surface area contributed by atoms with Crippen LogP contribution in [0.3, 0.4) is 0 Å². The summed E-state index contributed by atoms with van der Waals surface area (Å²) in [6.07, 6.45) is 3.82. The zero-order chi connectivity index (χ0) is 11.4. The molecule has 16 heavy (non-hydrogen) atoms. The van der Waals surface area contributed by atoms with E-state index in [1.165, 1.54) is 0 Å². The molecular weight excluding hydrogens is 230 g/mol. The first-order valence-electron chi connectivity index (χ1n) is 5.24. The maximum Gasteiger partial charge on any atom is 0.225 e. The van der Waals surface area contributed by atoms with E-state index in [1.54, 1.807) is 12.4 Å².